The van der Waals surface area contributed by atoms with Gasteiger partial charge in [-0.05, 0) is 104 Å². The quantitative estimate of drug-likeness (QED) is 0.0801. The number of rotatable bonds is 16. The van der Waals surface area contributed by atoms with Crippen molar-refractivity contribution >= 4 is 26.8 Å². The number of hydrogen-bond donors (Lipinski definition) is 1. The van der Waals surface area contributed by atoms with Gasteiger partial charge < -0.3 is 14.0 Å². The molecule has 0 radical (unpaired) electrons. The Labute approximate surface area is 301 Å². The fraction of sp³-hybridized carbons (Fsp3) is 0.650. The molecule has 3 rings (SSSR count). The Bertz CT molecular complexity index is 1470. The average Bonchev–Trinajstić information content (AvgIpc) is 3.28. The number of aryl methyl sites for hydroxylation is 1. The molecule has 6 nitrogen and oxygen atoms in total. The highest BCUT2D eigenvalue weighted by Crippen LogP contribution is 2.47. The normalized spacial score (nSPS) is 21.8. The first-order valence-electron chi connectivity index (χ1n) is 18.3. The van der Waals surface area contributed by atoms with Crippen LogP contribution in [0, 0.1) is 24.7 Å². The molecule has 0 bridgehead atoms. The molecule has 1 aliphatic rings. The second-order valence-electron chi connectivity index (χ2n) is 17.4. The van der Waals surface area contributed by atoms with Gasteiger partial charge in [0.25, 0.3) is 10.1 Å². The highest BCUT2D eigenvalue weighted by molar-refractivity contribution is 7.86. The van der Waals surface area contributed by atoms with Crippen molar-refractivity contribution in [2.75, 3.05) is 6.61 Å². The predicted molar refractivity (Wildman–Crippen MR) is 209 cm³/mol. The van der Waals surface area contributed by atoms with Gasteiger partial charge in [0, 0.05) is 5.92 Å². The molecule has 0 spiro atoms. The Morgan fingerprint density at radius 2 is 1.57 bits per heavy atom. The van der Waals surface area contributed by atoms with Crippen LogP contribution in [0.1, 0.15) is 91.7 Å². The summed E-state index contributed by atoms with van der Waals surface area (Å²) in [5.74, 6) is 0.200. The number of aromatic hydroxyl groups is 1. The molecule has 1 N–H and O–H groups in total. The van der Waals surface area contributed by atoms with E-state index >= 15 is 0 Å². The van der Waals surface area contributed by atoms with Crippen LogP contribution in [0.3, 0.4) is 0 Å². The van der Waals surface area contributed by atoms with Crippen molar-refractivity contribution in [1.82, 2.24) is 0 Å². The van der Waals surface area contributed by atoms with Crippen molar-refractivity contribution in [3.8, 4) is 5.75 Å². The van der Waals surface area contributed by atoms with E-state index in [-0.39, 0.29) is 57.3 Å². The van der Waals surface area contributed by atoms with Crippen molar-refractivity contribution in [1.29, 1.82) is 0 Å². The standard InChI is InChI=1S/C40H66O6SSi2/c1-13-14-15-19-34(45-48(9,10)39(3,4)5)22-25-36-37(27-31-17-16-18-33(41)26-31)32(28-38(36)46-49(11,12)40(6,7)8)29-44-47(42,43)35-23-20-30(2)21-24-35/h16-18,20-26,32,34,36-38,41H,13-15,19,27-29H2,1-12H3/b25-22+/t32-,34+,36-,37+,38-/m1/s1. The van der Waals surface area contributed by atoms with E-state index in [0.29, 0.717) is 12.8 Å². The van der Waals surface area contributed by atoms with Crippen LogP contribution in [0.5, 0.6) is 5.75 Å². The summed E-state index contributed by atoms with van der Waals surface area (Å²) in [4.78, 5) is 0.170. The maximum absolute atomic E-state index is 13.4. The Hall–Kier alpha value is -1.76. The van der Waals surface area contributed by atoms with E-state index in [0.717, 1.165) is 30.4 Å². The molecule has 1 fully saturated rings. The van der Waals surface area contributed by atoms with Gasteiger partial charge in [0.1, 0.15) is 5.75 Å². The molecular weight excluding hydrogens is 665 g/mol. The SMILES string of the molecule is CCCCC[C@@H](/C=C/[C@@H]1[C@@H](Cc2cccc(O)c2)[C@@H](COS(=O)(=O)c2ccc(C)cc2)C[C@H]1O[Si](C)(C)C(C)(C)C)O[Si](C)(C)C(C)(C)C. The van der Waals surface area contributed by atoms with Gasteiger partial charge in [-0.2, -0.15) is 8.42 Å². The molecule has 0 aliphatic heterocycles. The zero-order valence-corrected chi connectivity index (χ0v) is 35.3. The Morgan fingerprint density at radius 1 is 0.939 bits per heavy atom. The minimum Gasteiger partial charge on any atom is -0.508 e. The van der Waals surface area contributed by atoms with Gasteiger partial charge in [0.15, 0.2) is 16.6 Å². The molecule has 2 aromatic carbocycles. The van der Waals surface area contributed by atoms with E-state index in [9.17, 15) is 13.5 Å². The van der Waals surface area contributed by atoms with Crippen LogP contribution < -0.4 is 0 Å². The predicted octanol–water partition coefficient (Wildman–Crippen LogP) is 10.8. The molecular formula is C40H66O6SSi2. The number of hydrogen-bond acceptors (Lipinski definition) is 6. The summed E-state index contributed by atoms with van der Waals surface area (Å²) in [6.45, 7) is 27.1. The summed E-state index contributed by atoms with van der Waals surface area (Å²) >= 11 is 0. The van der Waals surface area contributed by atoms with Crippen molar-refractivity contribution in [3.63, 3.8) is 0 Å². The number of phenols is 1. The van der Waals surface area contributed by atoms with E-state index < -0.39 is 26.8 Å². The molecule has 5 atom stereocenters. The highest BCUT2D eigenvalue weighted by Gasteiger charge is 2.48. The Balaban J connectivity index is 2.06. The lowest BCUT2D eigenvalue weighted by molar-refractivity contribution is 0.147. The van der Waals surface area contributed by atoms with Crippen LogP contribution in [-0.2, 0) is 29.6 Å². The number of phenolic OH excluding ortho intramolecular Hbond substituents is 1. The third kappa shape index (κ3) is 11.6. The van der Waals surface area contributed by atoms with Gasteiger partial charge in [-0.3, -0.25) is 4.18 Å². The first-order valence-corrected chi connectivity index (χ1v) is 25.6. The minimum atomic E-state index is -3.94. The first kappa shape index (κ1) is 41.7. The number of unbranched alkanes of at least 4 members (excludes halogenated alkanes) is 2. The fourth-order valence-corrected chi connectivity index (χ4v) is 9.80. The van der Waals surface area contributed by atoms with Crippen LogP contribution in [-0.4, -0.2) is 49.0 Å². The van der Waals surface area contributed by atoms with Crippen LogP contribution in [0.4, 0.5) is 0 Å². The third-order valence-electron chi connectivity index (χ3n) is 11.3. The van der Waals surface area contributed by atoms with Gasteiger partial charge in [-0.1, -0.05) is 110 Å². The second-order valence-corrected chi connectivity index (χ2v) is 28.5. The van der Waals surface area contributed by atoms with E-state index in [1.54, 1.807) is 30.3 Å². The van der Waals surface area contributed by atoms with Crippen molar-refractivity contribution in [2.24, 2.45) is 17.8 Å². The van der Waals surface area contributed by atoms with Gasteiger partial charge in [0.2, 0.25) is 0 Å². The maximum atomic E-state index is 13.4. The summed E-state index contributed by atoms with van der Waals surface area (Å²) in [5, 5.41) is 10.5. The van der Waals surface area contributed by atoms with E-state index in [2.05, 4.69) is 86.8 Å². The van der Waals surface area contributed by atoms with Crippen LogP contribution in [0.15, 0.2) is 65.6 Å². The average molecular weight is 731 g/mol. The van der Waals surface area contributed by atoms with Gasteiger partial charge in [-0.25, -0.2) is 0 Å². The molecule has 2 aromatic rings. The zero-order chi connectivity index (χ0) is 36.8. The molecule has 276 valence electrons. The second kappa shape index (κ2) is 16.7. The highest BCUT2D eigenvalue weighted by atomic mass is 32.2. The zero-order valence-electron chi connectivity index (χ0n) is 32.5. The molecule has 0 saturated heterocycles. The maximum Gasteiger partial charge on any atom is 0.296 e. The Morgan fingerprint density at radius 3 is 2.14 bits per heavy atom. The van der Waals surface area contributed by atoms with E-state index in [4.69, 9.17) is 13.0 Å². The van der Waals surface area contributed by atoms with Gasteiger partial charge >= 0.3 is 0 Å². The third-order valence-corrected chi connectivity index (χ3v) is 21.6. The summed E-state index contributed by atoms with van der Waals surface area (Å²) in [6.07, 6.45) is 10.3. The van der Waals surface area contributed by atoms with Crippen LogP contribution >= 0.6 is 0 Å². The lowest BCUT2D eigenvalue weighted by Crippen LogP contribution is -2.45. The van der Waals surface area contributed by atoms with E-state index in [1.807, 2.05) is 25.1 Å². The fourth-order valence-electron chi connectivity index (χ4n) is 6.17. The molecule has 0 amide bonds. The lowest BCUT2D eigenvalue weighted by atomic mass is 9.83. The summed E-state index contributed by atoms with van der Waals surface area (Å²) in [6, 6.07) is 14.2. The van der Waals surface area contributed by atoms with Crippen molar-refractivity contribution < 1.29 is 26.6 Å². The largest absolute Gasteiger partial charge is 0.508 e. The molecule has 0 heterocycles. The smallest absolute Gasteiger partial charge is 0.296 e. The molecule has 1 saturated carbocycles. The topological polar surface area (TPSA) is 82.1 Å². The summed E-state index contributed by atoms with van der Waals surface area (Å²) in [5.41, 5.74) is 2.01. The molecule has 49 heavy (non-hydrogen) atoms. The van der Waals surface area contributed by atoms with Crippen molar-refractivity contribution in [3.05, 3.63) is 71.8 Å². The molecule has 1 aliphatic carbocycles. The van der Waals surface area contributed by atoms with Crippen LogP contribution in [0.25, 0.3) is 0 Å². The molecule has 0 unspecified atom stereocenters. The Kier molecular flexibility index (Phi) is 14.2. The number of benzene rings is 2. The molecule has 0 aromatic heterocycles. The van der Waals surface area contributed by atoms with Crippen molar-refractivity contribution in [2.45, 2.75) is 147 Å². The summed E-state index contributed by atoms with van der Waals surface area (Å²) < 4.78 is 46.9. The molecule has 9 heteroatoms. The van der Waals surface area contributed by atoms with Gasteiger partial charge in [0.05, 0.1) is 23.7 Å². The van der Waals surface area contributed by atoms with E-state index in [1.165, 1.54) is 6.42 Å². The summed E-state index contributed by atoms with van der Waals surface area (Å²) in [7, 11) is -8.17. The first-order chi connectivity index (χ1) is 22.6. The van der Waals surface area contributed by atoms with Crippen LogP contribution in [0.2, 0.25) is 36.3 Å². The monoisotopic (exact) mass is 730 g/mol. The minimum absolute atomic E-state index is 0.000372. The lowest BCUT2D eigenvalue weighted by Gasteiger charge is -2.40. The van der Waals surface area contributed by atoms with Gasteiger partial charge in [-0.15, -0.1) is 0 Å².